The van der Waals surface area contributed by atoms with Gasteiger partial charge >= 0.3 is 6.18 Å². The van der Waals surface area contributed by atoms with Crippen molar-refractivity contribution in [2.24, 2.45) is 0 Å². The summed E-state index contributed by atoms with van der Waals surface area (Å²) in [5.41, 5.74) is -0.268. The molecular formula is C21H22F3N3O3. The molecule has 1 aromatic carbocycles. The number of hydrogen-bond donors (Lipinski definition) is 1. The molecule has 30 heavy (non-hydrogen) atoms. The number of fused-ring (bicyclic) bond motifs is 1. The summed E-state index contributed by atoms with van der Waals surface area (Å²) in [6.45, 7) is 1.61. The van der Waals surface area contributed by atoms with Crippen molar-refractivity contribution in [1.29, 1.82) is 0 Å². The van der Waals surface area contributed by atoms with Crippen molar-refractivity contribution in [2.45, 2.75) is 63.3 Å². The molecule has 6 nitrogen and oxygen atoms in total. The van der Waals surface area contributed by atoms with E-state index in [0.717, 1.165) is 18.6 Å². The van der Waals surface area contributed by atoms with E-state index in [9.17, 15) is 22.8 Å². The minimum Gasteiger partial charge on any atom is -0.448 e. The first-order chi connectivity index (χ1) is 14.2. The molecule has 0 aliphatic carbocycles. The molecular weight excluding hydrogens is 399 g/mol. The minimum absolute atomic E-state index is 0.0981. The zero-order valence-corrected chi connectivity index (χ0v) is 16.4. The molecule has 2 aromatic rings. The number of nitrogens with one attached hydrogen (secondary N) is 1. The van der Waals surface area contributed by atoms with Crippen molar-refractivity contribution in [3.63, 3.8) is 0 Å². The van der Waals surface area contributed by atoms with Crippen molar-refractivity contribution < 1.29 is 27.2 Å². The van der Waals surface area contributed by atoms with E-state index in [4.69, 9.17) is 4.42 Å². The van der Waals surface area contributed by atoms with Gasteiger partial charge in [-0.25, -0.2) is 4.98 Å². The third-order valence-corrected chi connectivity index (χ3v) is 5.81. The molecule has 2 amide bonds. The Labute approximate surface area is 171 Å². The third kappa shape index (κ3) is 3.93. The second-order valence-corrected chi connectivity index (χ2v) is 7.83. The molecule has 0 spiro atoms. The molecule has 9 heteroatoms. The van der Waals surface area contributed by atoms with E-state index >= 15 is 0 Å². The van der Waals surface area contributed by atoms with Gasteiger partial charge in [0.15, 0.2) is 11.6 Å². The van der Waals surface area contributed by atoms with Crippen LogP contribution in [0.3, 0.4) is 0 Å². The van der Waals surface area contributed by atoms with Crippen LogP contribution in [-0.2, 0) is 11.0 Å². The fraction of sp³-hybridized carbons (Fsp3) is 0.476. The molecule has 1 N–H and O–H groups in total. The topological polar surface area (TPSA) is 75.4 Å². The molecule has 4 rings (SSSR count). The van der Waals surface area contributed by atoms with Crippen molar-refractivity contribution in [1.82, 2.24) is 15.2 Å². The zero-order valence-electron chi connectivity index (χ0n) is 16.4. The van der Waals surface area contributed by atoms with Crippen LogP contribution in [0.25, 0.3) is 0 Å². The predicted molar refractivity (Wildman–Crippen MR) is 100 cm³/mol. The number of amides is 2. The van der Waals surface area contributed by atoms with Gasteiger partial charge in [-0.15, -0.1) is 0 Å². The second kappa shape index (κ2) is 7.77. The first-order valence-corrected chi connectivity index (χ1v) is 9.95. The van der Waals surface area contributed by atoms with Gasteiger partial charge in [0.2, 0.25) is 5.91 Å². The molecule has 2 aliphatic heterocycles. The number of carbonyl (C=O) groups is 2. The Kier molecular flexibility index (Phi) is 5.29. The largest absolute Gasteiger partial charge is 0.448 e. The lowest BCUT2D eigenvalue weighted by atomic mass is 9.97. The Morgan fingerprint density at radius 1 is 1.30 bits per heavy atom. The molecule has 160 valence electrons. The summed E-state index contributed by atoms with van der Waals surface area (Å²) in [5, 5.41) is 2.97. The molecule has 3 heterocycles. The fourth-order valence-corrected chi connectivity index (χ4v) is 4.45. The van der Waals surface area contributed by atoms with Crippen LogP contribution in [0.15, 0.2) is 34.9 Å². The van der Waals surface area contributed by atoms with Gasteiger partial charge in [-0.05, 0) is 37.0 Å². The smallest absolute Gasteiger partial charge is 0.416 e. The summed E-state index contributed by atoms with van der Waals surface area (Å²) in [4.78, 5) is 31.2. The summed E-state index contributed by atoms with van der Waals surface area (Å²) in [6.07, 6.45) is -0.352. The van der Waals surface area contributed by atoms with Gasteiger partial charge in [0, 0.05) is 13.3 Å². The van der Waals surface area contributed by atoms with E-state index in [1.54, 1.807) is 17.9 Å². The maximum absolute atomic E-state index is 13.3. The Morgan fingerprint density at radius 2 is 2.10 bits per heavy atom. The molecule has 2 saturated heterocycles. The molecule has 0 saturated carbocycles. The van der Waals surface area contributed by atoms with E-state index in [2.05, 4.69) is 10.3 Å². The van der Waals surface area contributed by atoms with E-state index in [1.165, 1.54) is 12.3 Å². The normalized spacial score (nSPS) is 24.7. The Bertz CT molecular complexity index is 956. The summed E-state index contributed by atoms with van der Waals surface area (Å²) in [7, 11) is 0. The van der Waals surface area contributed by atoms with Gasteiger partial charge in [-0.2, -0.15) is 13.2 Å². The molecule has 0 unspecified atom stereocenters. The van der Waals surface area contributed by atoms with E-state index in [0.29, 0.717) is 37.1 Å². The van der Waals surface area contributed by atoms with Crippen molar-refractivity contribution in [3.8, 4) is 0 Å². The molecule has 1 aromatic heterocycles. The van der Waals surface area contributed by atoms with Gasteiger partial charge in [0.1, 0.15) is 6.26 Å². The quantitative estimate of drug-likeness (QED) is 0.795. The first-order valence-electron chi connectivity index (χ1n) is 9.95. The van der Waals surface area contributed by atoms with Crippen molar-refractivity contribution in [3.05, 3.63) is 53.2 Å². The number of carbonyl (C=O) groups excluding carboxylic acids is 2. The van der Waals surface area contributed by atoms with Crippen LogP contribution in [0.1, 0.15) is 65.7 Å². The van der Waals surface area contributed by atoms with Crippen LogP contribution in [0.4, 0.5) is 13.2 Å². The SMILES string of the molecule is Cc1nc(C(=O)N2[C@H](c3cccc(C(F)(F)F)c3)C[C@H]3NC(=O)CCCC[C@@H]32)co1. The van der Waals surface area contributed by atoms with Crippen LogP contribution in [0.2, 0.25) is 0 Å². The van der Waals surface area contributed by atoms with Crippen LogP contribution in [0.5, 0.6) is 0 Å². The van der Waals surface area contributed by atoms with Crippen molar-refractivity contribution >= 4 is 11.8 Å². The number of rotatable bonds is 2. The highest BCUT2D eigenvalue weighted by atomic mass is 19.4. The van der Waals surface area contributed by atoms with Crippen molar-refractivity contribution in [2.75, 3.05) is 0 Å². The maximum Gasteiger partial charge on any atom is 0.416 e. The molecule has 2 fully saturated rings. The lowest BCUT2D eigenvalue weighted by molar-refractivity contribution is -0.137. The Balaban J connectivity index is 1.75. The number of halogens is 3. The number of aromatic nitrogens is 1. The molecule has 3 atom stereocenters. The third-order valence-electron chi connectivity index (χ3n) is 5.81. The standard InChI is InChI=1S/C21H22F3N3O3/c1-12-25-16(11-30-12)20(29)27-17-7-2-3-8-19(28)26-15(17)10-18(27)13-5-4-6-14(9-13)21(22,23)24/h4-6,9,11,15,17-18H,2-3,7-8,10H2,1H3,(H,26,28)/t15-,17+,18+/m1/s1. The number of aryl methyl sites for hydroxylation is 1. The lowest BCUT2D eigenvalue weighted by Gasteiger charge is -2.32. The number of oxazole rings is 1. The first kappa shape index (κ1) is 20.4. The van der Waals surface area contributed by atoms with Gasteiger partial charge in [0.05, 0.1) is 23.7 Å². The highest BCUT2D eigenvalue weighted by Crippen LogP contribution is 2.41. The van der Waals surface area contributed by atoms with Crippen LogP contribution >= 0.6 is 0 Å². The van der Waals surface area contributed by atoms with Gasteiger partial charge < -0.3 is 14.6 Å². The average molecular weight is 421 g/mol. The summed E-state index contributed by atoms with van der Waals surface area (Å²) in [5.74, 6) is -0.175. The van der Waals surface area contributed by atoms with E-state index in [-0.39, 0.29) is 23.7 Å². The maximum atomic E-state index is 13.3. The number of hydrogen-bond acceptors (Lipinski definition) is 4. The Morgan fingerprint density at radius 3 is 2.80 bits per heavy atom. The van der Waals surface area contributed by atoms with Gasteiger partial charge in [-0.3, -0.25) is 9.59 Å². The van der Waals surface area contributed by atoms with Gasteiger partial charge in [-0.1, -0.05) is 18.6 Å². The van der Waals surface area contributed by atoms with E-state index < -0.39 is 23.7 Å². The van der Waals surface area contributed by atoms with Crippen LogP contribution in [0, 0.1) is 6.92 Å². The van der Waals surface area contributed by atoms with E-state index in [1.807, 2.05) is 0 Å². The lowest BCUT2D eigenvalue weighted by Crippen LogP contribution is -2.48. The monoisotopic (exact) mass is 421 g/mol. The molecule has 2 aliphatic rings. The number of alkyl halides is 3. The molecule has 0 radical (unpaired) electrons. The van der Waals surface area contributed by atoms with Gasteiger partial charge in [0.25, 0.3) is 5.91 Å². The predicted octanol–water partition coefficient (Wildman–Crippen LogP) is 4.02. The number of likely N-dealkylation sites (tertiary alicyclic amines) is 1. The second-order valence-electron chi connectivity index (χ2n) is 7.83. The summed E-state index contributed by atoms with van der Waals surface area (Å²) < 4.78 is 45.0. The fourth-order valence-electron chi connectivity index (χ4n) is 4.45. The summed E-state index contributed by atoms with van der Waals surface area (Å²) in [6, 6.07) is 3.78. The average Bonchev–Trinajstić information content (AvgIpc) is 3.26. The minimum atomic E-state index is -4.48. The zero-order chi connectivity index (χ0) is 21.5. The summed E-state index contributed by atoms with van der Waals surface area (Å²) >= 11 is 0. The van der Waals surface area contributed by atoms with Crippen LogP contribution < -0.4 is 5.32 Å². The highest BCUT2D eigenvalue weighted by Gasteiger charge is 2.46. The molecule has 0 bridgehead atoms. The Hall–Kier alpha value is -2.84. The number of benzene rings is 1. The highest BCUT2D eigenvalue weighted by molar-refractivity contribution is 5.93. The number of nitrogens with zero attached hydrogens (tertiary/aromatic N) is 2. The van der Waals surface area contributed by atoms with Crippen LogP contribution in [-0.4, -0.2) is 33.8 Å².